The monoisotopic (exact) mass is 415 g/mol. The van der Waals surface area contributed by atoms with Crippen LogP contribution in [0.3, 0.4) is 0 Å². The van der Waals surface area contributed by atoms with Gasteiger partial charge in [-0.1, -0.05) is 57.2 Å². The van der Waals surface area contributed by atoms with Crippen LogP contribution in [0.5, 0.6) is 11.5 Å². The van der Waals surface area contributed by atoms with Crippen molar-refractivity contribution in [1.29, 1.82) is 0 Å². The Morgan fingerprint density at radius 1 is 0.871 bits per heavy atom. The number of hydrogen-bond donors (Lipinski definition) is 2. The SMILES string of the molecule is CC/C(=C(/c1ccc(NC(=O)C(C)C)cc1)c1ccc(OC)cc1)c1ccc(O)cc1. The van der Waals surface area contributed by atoms with Crippen LogP contribution in [0.2, 0.25) is 0 Å². The number of methoxy groups -OCH3 is 1. The van der Waals surface area contributed by atoms with Gasteiger partial charge in [-0.2, -0.15) is 0 Å². The minimum absolute atomic E-state index is 0.00277. The zero-order valence-electron chi connectivity index (χ0n) is 18.5. The van der Waals surface area contributed by atoms with Gasteiger partial charge in [-0.3, -0.25) is 4.79 Å². The number of aromatic hydroxyl groups is 1. The molecule has 0 atom stereocenters. The molecule has 4 nitrogen and oxygen atoms in total. The van der Waals surface area contributed by atoms with E-state index in [1.807, 2.05) is 62.4 Å². The highest BCUT2D eigenvalue weighted by Crippen LogP contribution is 2.36. The van der Waals surface area contributed by atoms with Crippen molar-refractivity contribution in [2.45, 2.75) is 27.2 Å². The highest BCUT2D eigenvalue weighted by molar-refractivity contribution is 5.99. The Kier molecular flexibility index (Phi) is 7.14. The third-order valence-corrected chi connectivity index (χ3v) is 5.22. The molecule has 2 N–H and O–H groups in total. The van der Waals surface area contributed by atoms with E-state index >= 15 is 0 Å². The van der Waals surface area contributed by atoms with Crippen molar-refractivity contribution in [3.8, 4) is 11.5 Å². The molecular weight excluding hydrogens is 386 g/mol. The largest absolute Gasteiger partial charge is 0.508 e. The molecule has 0 spiro atoms. The molecule has 0 bridgehead atoms. The molecule has 0 heterocycles. The zero-order chi connectivity index (χ0) is 22.4. The van der Waals surface area contributed by atoms with Crippen LogP contribution in [0.4, 0.5) is 5.69 Å². The van der Waals surface area contributed by atoms with E-state index in [-0.39, 0.29) is 17.6 Å². The van der Waals surface area contributed by atoms with Crippen LogP contribution < -0.4 is 10.1 Å². The molecule has 0 saturated carbocycles. The topological polar surface area (TPSA) is 58.6 Å². The normalized spacial score (nSPS) is 11.8. The minimum atomic E-state index is -0.0735. The predicted molar refractivity (Wildman–Crippen MR) is 127 cm³/mol. The van der Waals surface area contributed by atoms with Gasteiger partial charge < -0.3 is 15.2 Å². The van der Waals surface area contributed by atoms with Gasteiger partial charge >= 0.3 is 0 Å². The maximum Gasteiger partial charge on any atom is 0.226 e. The number of phenols is 1. The number of amides is 1. The van der Waals surface area contributed by atoms with Crippen molar-refractivity contribution < 1.29 is 14.6 Å². The standard InChI is InChI=1S/C27H29NO3/c1-5-25(19-8-14-23(29)15-9-19)26(21-10-16-24(31-4)17-11-21)20-6-12-22(13-7-20)28-27(30)18(2)3/h6-18,29H,5H2,1-4H3,(H,28,30)/b26-25+. The third-order valence-electron chi connectivity index (χ3n) is 5.22. The van der Waals surface area contributed by atoms with Gasteiger partial charge in [0.1, 0.15) is 11.5 Å². The van der Waals surface area contributed by atoms with Gasteiger partial charge in [0.2, 0.25) is 5.91 Å². The number of nitrogens with one attached hydrogen (secondary N) is 1. The number of carbonyl (C=O) groups excluding carboxylic acids is 1. The molecule has 3 aromatic carbocycles. The van der Waals surface area contributed by atoms with Crippen LogP contribution in [0, 0.1) is 5.92 Å². The second-order valence-electron chi connectivity index (χ2n) is 7.70. The molecule has 0 radical (unpaired) electrons. The van der Waals surface area contributed by atoms with Gasteiger partial charge in [-0.05, 0) is 70.7 Å². The van der Waals surface area contributed by atoms with Crippen LogP contribution >= 0.6 is 0 Å². The lowest BCUT2D eigenvalue weighted by atomic mass is 9.88. The molecule has 0 unspecified atom stereocenters. The van der Waals surface area contributed by atoms with Crippen molar-refractivity contribution in [2.24, 2.45) is 5.92 Å². The van der Waals surface area contributed by atoms with Gasteiger partial charge in [0.05, 0.1) is 7.11 Å². The van der Waals surface area contributed by atoms with E-state index in [4.69, 9.17) is 4.74 Å². The summed E-state index contributed by atoms with van der Waals surface area (Å²) in [5, 5.41) is 12.7. The number of rotatable bonds is 7. The van der Waals surface area contributed by atoms with E-state index < -0.39 is 0 Å². The molecular formula is C27H29NO3. The summed E-state index contributed by atoms with van der Waals surface area (Å²) in [6.07, 6.45) is 0.817. The summed E-state index contributed by atoms with van der Waals surface area (Å²) in [6.45, 7) is 5.88. The number of carbonyl (C=O) groups is 1. The fourth-order valence-corrected chi connectivity index (χ4v) is 3.47. The summed E-state index contributed by atoms with van der Waals surface area (Å²) in [6, 6.07) is 23.3. The van der Waals surface area contributed by atoms with E-state index in [9.17, 15) is 9.90 Å². The molecule has 31 heavy (non-hydrogen) atoms. The zero-order valence-corrected chi connectivity index (χ0v) is 18.5. The summed E-state index contributed by atoms with van der Waals surface area (Å²) < 4.78 is 5.33. The highest BCUT2D eigenvalue weighted by atomic mass is 16.5. The average Bonchev–Trinajstić information content (AvgIpc) is 2.79. The van der Waals surface area contributed by atoms with E-state index in [2.05, 4.69) is 24.4 Å². The number of anilines is 1. The van der Waals surface area contributed by atoms with Gasteiger partial charge in [-0.25, -0.2) is 0 Å². The van der Waals surface area contributed by atoms with Crippen molar-refractivity contribution >= 4 is 22.7 Å². The lowest BCUT2D eigenvalue weighted by Crippen LogP contribution is -2.17. The lowest BCUT2D eigenvalue weighted by molar-refractivity contribution is -0.118. The fraction of sp³-hybridized carbons (Fsp3) is 0.222. The van der Waals surface area contributed by atoms with Crippen molar-refractivity contribution in [3.05, 3.63) is 89.5 Å². The maximum absolute atomic E-state index is 12.0. The smallest absolute Gasteiger partial charge is 0.226 e. The Hall–Kier alpha value is -3.53. The number of phenolic OH excluding ortho intramolecular Hbond substituents is 1. The summed E-state index contributed by atoms with van der Waals surface area (Å²) in [4.78, 5) is 12.0. The predicted octanol–water partition coefficient (Wildman–Crippen LogP) is 6.36. The number of hydrogen-bond acceptors (Lipinski definition) is 3. The van der Waals surface area contributed by atoms with Crippen molar-refractivity contribution in [1.82, 2.24) is 0 Å². The first-order chi connectivity index (χ1) is 14.9. The molecule has 0 aliphatic rings. The first-order valence-corrected chi connectivity index (χ1v) is 10.5. The van der Waals surface area contributed by atoms with Crippen molar-refractivity contribution in [3.63, 3.8) is 0 Å². The fourth-order valence-electron chi connectivity index (χ4n) is 3.47. The Morgan fingerprint density at radius 2 is 1.39 bits per heavy atom. The Morgan fingerprint density at radius 3 is 1.87 bits per heavy atom. The first kappa shape index (κ1) is 22.2. The van der Waals surface area contributed by atoms with E-state index in [0.29, 0.717) is 0 Å². The lowest BCUT2D eigenvalue weighted by Gasteiger charge is -2.17. The van der Waals surface area contributed by atoms with Crippen LogP contribution in [-0.4, -0.2) is 18.1 Å². The first-order valence-electron chi connectivity index (χ1n) is 10.5. The average molecular weight is 416 g/mol. The Balaban J connectivity index is 2.11. The molecule has 0 aliphatic heterocycles. The van der Waals surface area contributed by atoms with Gasteiger partial charge in [-0.15, -0.1) is 0 Å². The third kappa shape index (κ3) is 5.34. The Labute approximate surface area is 184 Å². The number of allylic oxidation sites excluding steroid dienone is 1. The van der Waals surface area contributed by atoms with Gasteiger partial charge in [0.15, 0.2) is 0 Å². The quantitative estimate of drug-likeness (QED) is 0.441. The van der Waals surface area contributed by atoms with Crippen LogP contribution in [0.1, 0.15) is 43.9 Å². The second-order valence-corrected chi connectivity index (χ2v) is 7.70. The van der Waals surface area contributed by atoms with Crippen LogP contribution in [0.15, 0.2) is 72.8 Å². The van der Waals surface area contributed by atoms with Gasteiger partial charge in [0.25, 0.3) is 0 Å². The molecule has 3 rings (SSSR count). The summed E-state index contributed by atoms with van der Waals surface area (Å²) in [7, 11) is 1.66. The molecule has 0 saturated heterocycles. The molecule has 0 fully saturated rings. The number of benzene rings is 3. The molecule has 3 aromatic rings. The molecule has 1 amide bonds. The second kappa shape index (κ2) is 9.98. The van der Waals surface area contributed by atoms with Gasteiger partial charge in [0, 0.05) is 11.6 Å². The Bertz CT molecular complexity index is 1050. The van der Waals surface area contributed by atoms with Crippen molar-refractivity contribution in [2.75, 3.05) is 12.4 Å². The maximum atomic E-state index is 12.0. The summed E-state index contributed by atoms with van der Waals surface area (Å²) in [5.41, 5.74) is 6.24. The molecule has 4 heteroatoms. The highest BCUT2D eigenvalue weighted by Gasteiger charge is 2.14. The molecule has 160 valence electrons. The van der Waals surface area contributed by atoms with E-state index in [1.165, 1.54) is 5.57 Å². The molecule has 0 aliphatic carbocycles. The van der Waals surface area contributed by atoms with Crippen LogP contribution in [-0.2, 0) is 4.79 Å². The number of ether oxygens (including phenoxy) is 1. The summed E-state index contributed by atoms with van der Waals surface area (Å²) in [5.74, 6) is 0.973. The van der Waals surface area contributed by atoms with E-state index in [1.54, 1.807) is 19.2 Å². The van der Waals surface area contributed by atoms with E-state index in [0.717, 1.165) is 40.1 Å². The molecule has 0 aromatic heterocycles. The summed E-state index contributed by atoms with van der Waals surface area (Å²) >= 11 is 0. The van der Waals surface area contributed by atoms with Crippen LogP contribution in [0.25, 0.3) is 11.1 Å². The minimum Gasteiger partial charge on any atom is -0.508 e.